The minimum Gasteiger partial charge on any atom is -0.335 e. The van der Waals surface area contributed by atoms with Crippen LogP contribution in [-0.2, 0) is 13.0 Å². The monoisotopic (exact) mass is 209 g/mol. The number of rotatable bonds is 7. The van der Waals surface area contributed by atoms with Crippen LogP contribution in [0.5, 0.6) is 0 Å². The standard InChI is InChI=1S/C12H23N3/c1-4-15-10-9-14-12(15)7-5-6-8-13-11(2)3/h9-11,13H,4-8H2,1-3H3. The SMILES string of the molecule is CCn1ccnc1CCCCNC(C)C. The Kier molecular flexibility index (Phi) is 5.40. The molecule has 1 aromatic heterocycles. The number of aromatic nitrogens is 2. The number of hydrogen-bond acceptors (Lipinski definition) is 2. The molecule has 0 aliphatic heterocycles. The van der Waals surface area contributed by atoms with E-state index in [2.05, 4.69) is 41.8 Å². The molecule has 15 heavy (non-hydrogen) atoms. The molecule has 0 aliphatic carbocycles. The average molecular weight is 209 g/mol. The van der Waals surface area contributed by atoms with Crippen LogP contribution in [-0.4, -0.2) is 22.1 Å². The Morgan fingerprint density at radius 3 is 2.87 bits per heavy atom. The van der Waals surface area contributed by atoms with Gasteiger partial charge in [-0.25, -0.2) is 4.98 Å². The van der Waals surface area contributed by atoms with Crippen molar-refractivity contribution in [3.63, 3.8) is 0 Å². The molecular formula is C12H23N3. The van der Waals surface area contributed by atoms with Gasteiger partial charge in [-0.3, -0.25) is 0 Å². The van der Waals surface area contributed by atoms with Crippen LogP contribution in [0.1, 0.15) is 39.4 Å². The van der Waals surface area contributed by atoms with Crippen LogP contribution in [0, 0.1) is 0 Å². The van der Waals surface area contributed by atoms with Crippen molar-refractivity contribution >= 4 is 0 Å². The first-order valence-electron chi connectivity index (χ1n) is 5.97. The van der Waals surface area contributed by atoms with Crippen LogP contribution in [0.4, 0.5) is 0 Å². The molecule has 86 valence electrons. The molecule has 1 rings (SSSR count). The van der Waals surface area contributed by atoms with Crippen LogP contribution in [0.25, 0.3) is 0 Å². The molecule has 0 unspecified atom stereocenters. The fourth-order valence-corrected chi connectivity index (χ4v) is 1.65. The summed E-state index contributed by atoms with van der Waals surface area (Å²) in [6, 6.07) is 0.600. The maximum atomic E-state index is 4.36. The van der Waals surface area contributed by atoms with E-state index < -0.39 is 0 Å². The van der Waals surface area contributed by atoms with E-state index in [1.54, 1.807) is 0 Å². The normalized spacial score (nSPS) is 11.2. The van der Waals surface area contributed by atoms with Gasteiger partial charge in [-0.1, -0.05) is 13.8 Å². The summed E-state index contributed by atoms with van der Waals surface area (Å²) in [6.07, 6.45) is 7.50. The van der Waals surface area contributed by atoms with Crippen molar-refractivity contribution in [3.05, 3.63) is 18.2 Å². The summed E-state index contributed by atoms with van der Waals surface area (Å²) in [5.41, 5.74) is 0. The molecule has 0 aliphatic rings. The van der Waals surface area contributed by atoms with E-state index >= 15 is 0 Å². The molecule has 0 radical (unpaired) electrons. The summed E-state index contributed by atoms with van der Waals surface area (Å²) in [7, 11) is 0. The number of unbranched alkanes of at least 4 members (excludes halogenated alkanes) is 1. The Bertz CT molecular complexity index is 266. The zero-order valence-corrected chi connectivity index (χ0v) is 10.2. The second-order valence-electron chi connectivity index (χ2n) is 4.20. The lowest BCUT2D eigenvalue weighted by atomic mass is 10.2. The lowest BCUT2D eigenvalue weighted by molar-refractivity contribution is 0.549. The minimum absolute atomic E-state index is 0.600. The van der Waals surface area contributed by atoms with Gasteiger partial charge in [0, 0.05) is 31.4 Å². The van der Waals surface area contributed by atoms with Crippen LogP contribution >= 0.6 is 0 Å². The van der Waals surface area contributed by atoms with E-state index in [-0.39, 0.29) is 0 Å². The van der Waals surface area contributed by atoms with E-state index in [0.717, 1.165) is 19.5 Å². The van der Waals surface area contributed by atoms with E-state index in [1.165, 1.54) is 18.7 Å². The van der Waals surface area contributed by atoms with Crippen molar-refractivity contribution in [2.24, 2.45) is 0 Å². The molecule has 0 spiro atoms. The van der Waals surface area contributed by atoms with Gasteiger partial charge >= 0.3 is 0 Å². The lowest BCUT2D eigenvalue weighted by Gasteiger charge is -2.08. The van der Waals surface area contributed by atoms with Gasteiger partial charge in [0.1, 0.15) is 5.82 Å². The maximum Gasteiger partial charge on any atom is 0.108 e. The molecular weight excluding hydrogens is 186 g/mol. The van der Waals surface area contributed by atoms with E-state index in [9.17, 15) is 0 Å². The fraction of sp³-hybridized carbons (Fsp3) is 0.750. The largest absolute Gasteiger partial charge is 0.335 e. The third-order valence-corrected chi connectivity index (χ3v) is 2.52. The van der Waals surface area contributed by atoms with Crippen LogP contribution in [0.15, 0.2) is 12.4 Å². The summed E-state index contributed by atoms with van der Waals surface area (Å²) in [5, 5.41) is 3.43. The quantitative estimate of drug-likeness (QED) is 0.698. The van der Waals surface area contributed by atoms with Gasteiger partial charge in [0.15, 0.2) is 0 Å². The molecule has 3 heteroatoms. The highest BCUT2D eigenvalue weighted by atomic mass is 15.0. The third kappa shape index (κ3) is 4.47. The van der Waals surface area contributed by atoms with Gasteiger partial charge in [-0.05, 0) is 26.3 Å². The second-order valence-corrected chi connectivity index (χ2v) is 4.20. The molecule has 3 nitrogen and oxygen atoms in total. The summed E-state index contributed by atoms with van der Waals surface area (Å²) in [4.78, 5) is 4.36. The Morgan fingerprint density at radius 2 is 2.20 bits per heavy atom. The number of nitrogens with zero attached hydrogens (tertiary/aromatic N) is 2. The number of hydrogen-bond donors (Lipinski definition) is 1. The van der Waals surface area contributed by atoms with E-state index in [0.29, 0.717) is 6.04 Å². The molecule has 0 saturated carbocycles. The first-order valence-corrected chi connectivity index (χ1v) is 5.97. The summed E-state index contributed by atoms with van der Waals surface area (Å²) < 4.78 is 2.22. The van der Waals surface area contributed by atoms with Crippen LogP contribution < -0.4 is 5.32 Å². The Labute approximate surface area is 92.9 Å². The first-order chi connectivity index (χ1) is 7.24. The van der Waals surface area contributed by atoms with Gasteiger partial charge in [0.05, 0.1) is 0 Å². The number of nitrogens with one attached hydrogen (secondary N) is 1. The molecule has 0 atom stereocenters. The number of aryl methyl sites for hydroxylation is 2. The van der Waals surface area contributed by atoms with Gasteiger partial charge in [-0.15, -0.1) is 0 Å². The van der Waals surface area contributed by atoms with Crippen molar-refractivity contribution in [1.82, 2.24) is 14.9 Å². The smallest absolute Gasteiger partial charge is 0.108 e. The highest BCUT2D eigenvalue weighted by molar-refractivity contribution is 4.92. The van der Waals surface area contributed by atoms with Gasteiger partial charge < -0.3 is 9.88 Å². The van der Waals surface area contributed by atoms with Gasteiger partial charge in [0.2, 0.25) is 0 Å². The topological polar surface area (TPSA) is 29.9 Å². The Hall–Kier alpha value is -0.830. The molecule has 0 fully saturated rings. The third-order valence-electron chi connectivity index (χ3n) is 2.52. The second kappa shape index (κ2) is 6.62. The average Bonchev–Trinajstić information content (AvgIpc) is 2.64. The minimum atomic E-state index is 0.600. The summed E-state index contributed by atoms with van der Waals surface area (Å²) in [5.74, 6) is 1.22. The molecule has 1 N–H and O–H groups in total. The summed E-state index contributed by atoms with van der Waals surface area (Å²) >= 11 is 0. The van der Waals surface area contributed by atoms with Gasteiger partial charge in [0.25, 0.3) is 0 Å². The van der Waals surface area contributed by atoms with Crippen LogP contribution in [0.2, 0.25) is 0 Å². The highest BCUT2D eigenvalue weighted by Gasteiger charge is 2.00. The van der Waals surface area contributed by atoms with Gasteiger partial charge in [-0.2, -0.15) is 0 Å². The van der Waals surface area contributed by atoms with E-state index in [1.807, 2.05) is 6.20 Å². The molecule has 1 aromatic rings. The molecule has 0 amide bonds. The van der Waals surface area contributed by atoms with Crippen molar-refractivity contribution in [3.8, 4) is 0 Å². The van der Waals surface area contributed by atoms with E-state index in [4.69, 9.17) is 0 Å². The fourth-order valence-electron chi connectivity index (χ4n) is 1.65. The van der Waals surface area contributed by atoms with Crippen molar-refractivity contribution < 1.29 is 0 Å². The molecule has 1 heterocycles. The zero-order chi connectivity index (χ0) is 11.1. The summed E-state index contributed by atoms with van der Waals surface area (Å²) in [6.45, 7) is 8.67. The van der Waals surface area contributed by atoms with Crippen molar-refractivity contribution in [1.29, 1.82) is 0 Å². The first kappa shape index (κ1) is 12.2. The molecule has 0 saturated heterocycles. The molecule has 0 bridgehead atoms. The number of imidazole rings is 1. The van der Waals surface area contributed by atoms with Crippen molar-refractivity contribution in [2.45, 2.75) is 52.6 Å². The molecule has 0 aromatic carbocycles. The predicted molar refractivity (Wildman–Crippen MR) is 64.0 cm³/mol. The zero-order valence-electron chi connectivity index (χ0n) is 10.2. The maximum absolute atomic E-state index is 4.36. The highest BCUT2D eigenvalue weighted by Crippen LogP contribution is 2.03. The Morgan fingerprint density at radius 1 is 1.40 bits per heavy atom. The van der Waals surface area contributed by atoms with Crippen molar-refractivity contribution in [2.75, 3.05) is 6.54 Å². The lowest BCUT2D eigenvalue weighted by Crippen LogP contribution is -2.23. The predicted octanol–water partition coefficient (Wildman–Crippen LogP) is 2.22. The Balaban J connectivity index is 2.15. The van der Waals surface area contributed by atoms with Crippen LogP contribution in [0.3, 0.4) is 0 Å².